The third-order valence-corrected chi connectivity index (χ3v) is 1.26. The largest absolute Gasteiger partial charge is 0.375 e. The van der Waals surface area contributed by atoms with E-state index in [0.717, 1.165) is 6.20 Å². The van der Waals surface area contributed by atoms with Crippen LogP contribution in [0.1, 0.15) is 0 Å². The molecule has 1 aromatic rings. The molecule has 0 saturated carbocycles. The fourth-order valence-electron chi connectivity index (χ4n) is 0.808. The Hall–Kier alpha value is -1.49. The van der Waals surface area contributed by atoms with Crippen LogP contribution in [-0.2, 0) is 9.53 Å². The highest BCUT2D eigenvalue weighted by Gasteiger charge is 2.01. The Labute approximate surface area is 74.7 Å². The Bertz CT molecular complexity index is 304. The van der Waals surface area contributed by atoms with Crippen LogP contribution in [0.5, 0.6) is 0 Å². The van der Waals surface area contributed by atoms with Crippen LogP contribution in [0.2, 0.25) is 0 Å². The summed E-state index contributed by atoms with van der Waals surface area (Å²) in [4.78, 5) is 14.5. The minimum Gasteiger partial charge on any atom is -0.375 e. The van der Waals surface area contributed by atoms with E-state index in [9.17, 15) is 9.18 Å². The van der Waals surface area contributed by atoms with Gasteiger partial charge in [-0.1, -0.05) is 0 Å². The van der Waals surface area contributed by atoms with Gasteiger partial charge in [-0.05, 0) is 0 Å². The zero-order valence-corrected chi connectivity index (χ0v) is 7.08. The van der Waals surface area contributed by atoms with Gasteiger partial charge in [-0.2, -0.15) is 0 Å². The number of methoxy groups -OCH3 is 1. The Kier molecular flexibility index (Phi) is 3.33. The number of rotatable bonds is 3. The van der Waals surface area contributed by atoms with Crippen LogP contribution in [0.3, 0.4) is 0 Å². The third kappa shape index (κ3) is 3.16. The van der Waals surface area contributed by atoms with Gasteiger partial charge in [0.15, 0.2) is 0 Å². The topological polar surface area (TPSA) is 51.2 Å². The molecular weight excluding hydrogens is 175 g/mol. The zero-order chi connectivity index (χ0) is 9.68. The molecule has 1 amide bonds. The van der Waals surface area contributed by atoms with E-state index in [2.05, 4.69) is 15.0 Å². The molecule has 0 spiro atoms. The number of nitrogens with zero attached hydrogens (tertiary/aromatic N) is 1. The number of halogens is 1. The second-order valence-corrected chi connectivity index (χ2v) is 2.37. The Morgan fingerprint density at radius 3 is 3.08 bits per heavy atom. The van der Waals surface area contributed by atoms with E-state index < -0.39 is 5.82 Å². The second kappa shape index (κ2) is 4.51. The summed E-state index contributed by atoms with van der Waals surface area (Å²) in [5, 5.41) is 2.42. The number of aromatic nitrogens is 1. The van der Waals surface area contributed by atoms with E-state index in [4.69, 9.17) is 0 Å². The van der Waals surface area contributed by atoms with Crippen LogP contribution in [0.15, 0.2) is 18.5 Å². The van der Waals surface area contributed by atoms with Gasteiger partial charge in [0.2, 0.25) is 5.91 Å². The maximum Gasteiger partial charge on any atom is 0.250 e. The highest BCUT2D eigenvalue weighted by Crippen LogP contribution is 2.05. The molecular formula is C8H9FN2O2. The number of carbonyl (C=O) groups is 1. The molecule has 0 fully saturated rings. The molecule has 0 aliphatic carbocycles. The van der Waals surface area contributed by atoms with Crippen molar-refractivity contribution in [3.63, 3.8) is 0 Å². The van der Waals surface area contributed by atoms with Gasteiger partial charge in [0.05, 0.1) is 18.1 Å². The van der Waals surface area contributed by atoms with Crippen LogP contribution in [0.25, 0.3) is 0 Å². The number of amides is 1. The number of pyridine rings is 1. The first-order valence-corrected chi connectivity index (χ1v) is 3.61. The van der Waals surface area contributed by atoms with Crippen LogP contribution in [-0.4, -0.2) is 24.6 Å². The lowest BCUT2D eigenvalue weighted by atomic mass is 10.4. The number of hydrogen-bond donors (Lipinski definition) is 1. The van der Waals surface area contributed by atoms with Gasteiger partial charge in [0.1, 0.15) is 12.4 Å². The molecule has 70 valence electrons. The van der Waals surface area contributed by atoms with E-state index in [0.29, 0.717) is 5.69 Å². The third-order valence-electron chi connectivity index (χ3n) is 1.26. The fourth-order valence-corrected chi connectivity index (χ4v) is 0.808. The van der Waals surface area contributed by atoms with Crippen molar-refractivity contribution >= 4 is 11.6 Å². The first-order chi connectivity index (χ1) is 6.22. The van der Waals surface area contributed by atoms with E-state index >= 15 is 0 Å². The van der Waals surface area contributed by atoms with Gasteiger partial charge in [0, 0.05) is 13.2 Å². The average Bonchev–Trinajstić information content (AvgIpc) is 2.04. The molecule has 0 aromatic carbocycles. The van der Waals surface area contributed by atoms with Crippen LogP contribution in [0, 0.1) is 5.82 Å². The molecule has 4 nitrogen and oxygen atoms in total. The van der Waals surface area contributed by atoms with Crippen LogP contribution in [0.4, 0.5) is 10.1 Å². The Morgan fingerprint density at radius 1 is 1.69 bits per heavy atom. The van der Waals surface area contributed by atoms with E-state index in [1.807, 2.05) is 0 Å². The molecule has 5 heteroatoms. The summed E-state index contributed by atoms with van der Waals surface area (Å²) in [5.41, 5.74) is 0.321. The van der Waals surface area contributed by atoms with Gasteiger partial charge >= 0.3 is 0 Å². The zero-order valence-electron chi connectivity index (χ0n) is 7.08. The Balaban J connectivity index is 2.58. The molecule has 0 radical (unpaired) electrons. The lowest BCUT2D eigenvalue weighted by Crippen LogP contribution is -2.17. The fraction of sp³-hybridized carbons (Fsp3) is 0.250. The lowest BCUT2D eigenvalue weighted by Gasteiger charge is -2.02. The first-order valence-electron chi connectivity index (χ1n) is 3.61. The van der Waals surface area contributed by atoms with Gasteiger partial charge in [0.25, 0.3) is 0 Å². The number of hydrogen-bond acceptors (Lipinski definition) is 3. The smallest absolute Gasteiger partial charge is 0.250 e. The predicted molar refractivity (Wildman–Crippen MR) is 44.7 cm³/mol. The SMILES string of the molecule is COCC(=O)Nc1cncc(F)c1. The predicted octanol–water partition coefficient (Wildman–Crippen LogP) is 0.806. The molecule has 1 aromatic heterocycles. The number of ether oxygens (including phenoxy) is 1. The molecule has 13 heavy (non-hydrogen) atoms. The van der Waals surface area contributed by atoms with E-state index in [1.165, 1.54) is 19.4 Å². The average molecular weight is 184 g/mol. The summed E-state index contributed by atoms with van der Waals surface area (Å²) >= 11 is 0. The quantitative estimate of drug-likeness (QED) is 0.756. The number of carbonyl (C=O) groups excluding carboxylic acids is 1. The van der Waals surface area contributed by atoms with Crippen molar-refractivity contribution in [1.82, 2.24) is 4.98 Å². The van der Waals surface area contributed by atoms with Crippen molar-refractivity contribution in [2.24, 2.45) is 0 Å². The minimum absolute atomic E-state index is 0.0590. The van der Waals surface area contributed by atoms with Crippen molar-refractivity contribution < 1.29 is 13.9 Å². The van der Waals surface area contributed by atoms with Crippen molar-refractivity contribution in [1.29, 1.82) is 0 Å². The summed E-state index contributed by atoms with van der Waals surface area (Å²) in [6, 6.07) is 1.18. The summed E-state index contributed by atoms with van der Waals surface area (Å²) in [6.45, 7) is -0.0590. The highest BCUT2D eigenvalue weighted by molar-refractivity contribution is 5.91. The molecule has 0 aliphatic rings. The highest BCUT2D eigenvalue weighted by atomic mass is 19.1. The summed E-state index contributed by atoms with van der Waals surface area (Å²) in [5.74, 6) is -0.829. The van der Waals surface area contributed by atoms with Gasteiger partial charge in [-0.15, -0.1) is 0 Å². The minimum atomic E-state index is -0.491. The van der Waals surface area contributed by atoms with Crippen molar-refractivity contribution in [2.45, 2.75) is 0 Å². The first kappa shape index (κ1) is 9.60. The normalized spacial score (nSPS) is 9.69. The molecule has 0 saturated heterocycles. The monoisotopic (exact) mass is 184 g/mol. The van der Waals surface area contributed by atoms with Crippen LogP contribution < -0.4 is 5.32 Å². The van der Waals surface area contributed by atoms with Gasteiger partial charge in [-0.25, -0.2) is 4.39 Å². The molecule has 1 N–H and O–H groups in total. The maximum absolute atomic E-state index is 12.6. The molecule has 0 atom stereocenters. The summed E-state index contributed by atoms with van der Waals surface area (Å²) in [6.07, 6.45) is 2.42. The number of nitrogens with one attached hydrogen (secondary N) is 1. The lowest BCUT2D eigenvalue weighted by molar-refractivity contribution is -0.119. The Morgan fingerprint density at radius 2 is 2.46 bits per heavy atom. The molecule has 0 bridgehead atoms. The molecule has 1 heterocycles. The van der Waals surface area contributed by atoms with Gasteiger partial charge in [-0.3, -0.25) is 9.78 Å². The molecule has 1 rings (SSSR count). The summed E-state index contributed by atoms with van der Waals surface area (Å²) in [7, 11) is 1.41. The van der Waals surface area contributed by atoms with E-state index in [1.54, 1.807) is 0 Å². The van der Waals surface area contributed by atoms with E-state index in [-0.39, 0.29) is 12.5 Å². The van der Waals surface area contributed by atoms with Gasteiger partial charge < -0.3 is 10.1 Å². The van der Waals surface area contributed by atoms with Crippen LogP contribution >= 0.6 is 0 Å². The van der Waals surface area contributed by atoms with Crippen molar-refractivity contribution in [2.75, 3.05) is 19.0 Å². The standard InChI is InChI=1S/C8H9FN2O2/c1-13-5-8(12)11-7-2-6(9)3-10-4-7/h2-4H,5H2,1H3,(H,11,12). The summed E-state index contributed by atoms with van der Waals surface area (Å²) < 4.78 is 17.1. The van der Waals surface area contributed by atoms with Crippen molar-refractivity contribution in [3.05, 3.63) is 24.3 Å². The second-order valence-electron chi connectivity index (χ2n) is 2.37. The molecule has 0 aliphatic heterocycles. The van der Waals surface area contributed by atoms with Crippen molar-refractivity contribution in [3.8, 4) is 0 Å². The maximum atomic E-state index is 12.6. The molecule has 0 unspecified atom stereocenters. The number of anilines is 1.